The number of benzene rings is 1. The minimum absolute atomic E-state index is 0.153. The average molecular weight is 266 g/mol. The first-order valence-electron chi connectivity index (χ1n) is 6.62. The fraction of sp³-hybridized carbons (Fsp3) is 0.500. The number of carbonyl (C=O) groups is 1. The second-order valence-corrected chi connectivity index (χ2v) is 4.63. The lowest BCUT2D eigenvalue weighted by Gasteiger charge is -2.22. The van der Waals surface area contributed by atoms with Crippen molar-refractivity contribution in [1.29, 1.82) is 0 Å². The summed E-state index contributed by atoms with van der Waals surface area (Å²) in [5, 5.41) is 5.91. The number of piperidine rings is 1. The monoisotopic (exact) mass is 266 g/mol. The predicted molar refractivity (Wildman–Crippen MR) is 71.5 cm³/mol. The summed E-state index contributed by atoms with van der Waals surface area (Å²) in [6.45, 7) is 2.35. The quantitative estimate of drug-likeness (QED) is 0.856. The van der Waals surface area contributed by atoms with Crippen molar-refractivity contribution in [1.82, 2.24) is 5.32 Å². The lowest BCUT2D eigenvalue weighted by Crippen LogP contribution is -2.33. The molecule has 0 radical (unpaired) electrons. The number of halogens is 1. The third-order valence-electron chi connectivity index (χ3n) is 3.08. The summed E-state index contributed by atoms with van der Waals surface area (Å²) in [7, 11) is 0. The average Bonchev–Trinajstić information content (AvgIpc) is 2.40. The van der Waals surface area contributed by atoms with Crippen LogP contribution in [0.1, 0.15) is 19.3 Å². The normalized spacial score (nSPS) is 16.3. The molecule has 1 aromatic rings. The van der Waals surface area contributed by atoms with Crippen molar-refractivity contribution in [2.45, 2.75) is 25.4 Å². The van der Waals surface area contributed by atoms with Gasteiger partial charge in [0, 0.05) is 5.69 Å². The highest BCUT2D eigenvalue weighted by atomic mass is 19.1. The van der Waals surface area contributed by atoms with Gasteiger partial charge >= 0.3 is 0 Å². The molecule has 5 heteroatoms. The Bertz CT molecular complexity index is 420. The summed E-state index contributed by atoms with van der Waals surface area (Å²) in [5.74, 6) is -0.511. The van der Waals surface area contributed by atoms with Crippen molar-refractivity contribution in [3.8, 4) is 0 Å². The van der Waals surface area contributed by atoms with Gasteiger partial charge in [0.1, 0.15) is 5.82 Å². The fourth-order valence-electron chi connectivity index (χ4n) is 2.07. The summed E-state index contributed by atoms with van der Waals surface area (Å²) < 4.78 is 18.6. The van der Waals surface area contributed by atoms with Gasteiger partial charge in [-0.2, -0.15) is 0 Å². The Morgan fingerprint density at radius 1 is 1.42 bits per heavy atom. The maximum Gasteiger partial charge on any atom is 0.226 e. The highest BCUT2D eigenvalue weighted by Crippen LogP contribution is 2.10. The molecule has 0 atom stereocenters. The standard InChI is InChI=1S/C14H19FN2O2/c15-11-2-1-3-12(10-11)17-14(18)6-9-19-13-4-7-16-8-5-13/h1-3,10,13,16H,4-9H2,(H,17,18). The first-order chi connectivity index (χ1) is 9.24. The van der Waals surface area contributed by atoms with Gasteiger partial charge in [-0.3, -0.25) is 4.79 Å². The number of amides is 1. The smallest absolute Gasteiger partial charge is 0.226 e. The molecule has 1 saturated heterocycles. The summed E-state index contributed by atoms with van der Waals surface area (Å²) >= 11 is 0. The van der Waals surface area contributed by atoms with Crippen LogP contribution in [0.5, 0.6) is 0 Å². The van der Waals surface area contributed by atoms with Crippen LogP contribution >= 0.6 is 0 Å². The zero-order chi connectivity index (χ0) is 13.5. The van der Waals surface area contributed by atoms with Crippen molar-refractivity contribution in [2.24, 2.45) is 0 Å². The summed E-state index contributed by atoms with van der Waals surface area (Å²) in [6.07, 6.45) is 2.53. The largest absolute Gasteiger partial charge is 0.378 e. The topological polar surface area (TPSA) is 50.4 Å². The van der Waals surface area contributed by atoms with E-state index in [4.69, 9.17) is 4.74 Å². The molecular weight excluding hydrogens is 247 g/mol. The van der Waals surface area contributed by atoms with Crippen LogP contribution in [0.4, 0.5) is 10.1 Å². The molecule has 1 amide bonds. The van der Waals surface area contributed by atoms with Gasteiger partial charge in [0.05, 0.1) is 19.1 Å². The lowest BCUT2D eigenvalue weighted by molar-refractivity contribution is -0.117. The van der Waals surface area contributed by atoms with Gasteiger partial charge in [0.25, 0.3) is 0 Å². The van der Waals surface area contributed by atoms with Gasteiger partial charge in [0.15, 0.2) is 0 Å². The van der Waals surface area contributed by atoms with Crippen LogP contribution in [0.25, 0.3) is 0 Å². The molecule has 104 valence electrons. The zero-order valence-corrected chi connectivity index (χ0v) is 10.8. The number of anilines is 1. The van der Waals surface area contributed by atoms with Crippen molar-refractivity contribution >= 4 is 11.6 Å². The van der Waals surface area contributed by atoms with E-state index >= 15 is 0 Å². The molecule has 1 aliphatic heterocycles. The highest BCUT2D eigenvalue weighted by molar-refractivity contribution is 5.90. The number of nitrogens with one attached hydrogen (secondary N) is 2. The third kappa shape index (κ3) is 4.96. The fourth-order valence-corrected chi connectivity index (χ4v) is 2.07. The molecule has 0 unspecified atom stereocenters. The molecular formula is C14H19FN2O2. The van der Waals surface area contributed by atoms with Gasteiger partial charge < -0.3 is 15.4 Å². The van der Waals surface area contributed by atoms with E-state index in [1.807, 2.05) is 0 Å². The summed E-state index contributed by atoms with van der Waals surface area (Å²) in [5.41, 5.74) is 0.479. The van der Waals surface area contributed by atoms with Crippen LogP contribution in [-0.4, -0.2) is 31.7 Å². The Labute approximate surface area is 112 Å². The van der Waals surface area contributed by atoms with Gasteiger partial charge in [-0.1, -0.05) is 6.07 Å². The number of hydrogen-bond acceptors (Lipinski definition) is 3. The van der Waals surface area contributed by atoms with E-state index in [0.717, 1.165) is 25.9 Å². The summed E-state index contributed by atoms with van der Waals surface area (Å²) in [6, 6.07) is 5.87. The Hall–Kier alpha value is -1.46. The Kier molecular flexibility index (Phi) is 5.30. The molecule has 0 spiro atoms. The second kappa shape index (κ2) is 7.21. The van der Waals surface area contributed by atoms with Crippen LogP contribution in [0.15, 0.2) is 24.3 Å². The molecule has 1 aliphatic rings. The molecule has 0 aromatic heterocycles. The van der Waals surface area contributed by atoms with Crippen LogP contribution < -0.4 is 10.6 Å². The van der Waals surface area contributed by atoms with Gasteiger partial charge in [-0.25, -0.2) is 4.39 Å². The first-order valence-corrected chi connectivity index (χ1v) is 6.62. The van der Waals surface area contributed by atoms with Gasteiger partial charge in [-0.15, -0.1) is 0 Å². The number of rotatable bonds is 5. The van der Waals surface area contributed by atoms with Crippen molar-refractivity contribution in [2.75, 3.05) is 25.0 Å². The van der Waals surface area contributed by atoms with Crippen molar-refractivity contribution in [3.05, 3.63) is 30.1 Å². The van der Waals surface area contributed by atoms with Crippen LogP contribution in [0, 0.1) is 5.82 Å². The van der Waals surface area contributed by atoms with Crippen LogP contribution in [0.2, 0.25) is 0 Å². The maximum absolute atomic E-state index is 12.9. The lowest BCUT2D eigenvalue weighted by atomic mass is 10.1. The molecule has 1 aromatic carbocycles. The molecule has 4 nitrogen and oxygen atoms in total. The van der Waals surface area contributed by atoms with E-state index < -0.39 is 0 Å². The number of hydrogen-bond donors (Lipinski definition) is 2. The molecule has 2 rings (SSSR count). The number of carbonyl (C=O) groups excluding carboxylic acids is 1. The maximum atomic E-state index is 12.9. The van der Waals surface area contributed by atoms with Crippen LogP contribution in [-0.2, 0) is 9.53 Å². The molecule has 0 bridgehead atoms. The van der Waals surface area contributed by atoms with Gasteiger partial charge in [0.2, 0.25) is 5.91 Å². The van der Waals surface area contributed by atoms with E-state index in [0.29, 0.717) is 18.7 Å². The van der Waals surface area contributed by atoms with E-state index in [1.54, 1.807) is 12.1 Å². The third-order valence-corrected chi connectivity index (χ3v) is 3.08. The van der Waals surface area contributed by atoms with Crippen LogP contribution in [0.3, 0.4) is 0 Å². The van der Waals surface area contributed by atoms with E-state index in [2.05, 4.69) is 10.6 Å². The Morgan fingerprint density at radius 2 is 2.21 bits per heavy atom. The Morgan fingerprint density at radius 3 is 2.95 bits per heavy atom. The SMILES string of the molecule is O=C(CCOC1CCNCC1)Nc1cccc(F)c1. The minimum Gasteiger partial charge on any atom is -0.378 e. The van der Waals surface area contributed by atoms with E-state index in [-0.39, 0.29) is 17.8 Å². The van der Waals surface area contributed by atoms with E-state index in [9.17, 15) is 9.18 Å². The molecule has 19 heavy (non-hydrogen) atoms. The Balaban J connectivity index is 1.67. The molecule has 1 fully saturated rings. The highest BCUT2D eigenvalue weighted by Gasteiger charge is 2.13. The predicted octanol–water partition coefficient (Wildman–Crippen LogP) is 1.92. The van der Waals surface area contributed by atoms with Crippen molar-refractivity contribution in [3.63, 3.8) is 0 Å². The molecule has 0 saturated carbocycles. The molecule has 0 aliphatic carbocycles. The summed E-state index contributed by atoms with van der Waals surface area (Å²) in [4.78, 5) is 11.6. The second-order valence-electron chi connectivity index (χ2n) is 4.63. The van der Waals surface area contributed by atoms with E-state index in [1.165, 1.54) is 12.1 Å². The van der Waals surface area contributed by atoms with Crippen molar-refractivity contribution < 1.29 is 13.9 Å². The first kappa shape index (κ1) is 14.0. The van der Waals surface area contributed by atoms with Gasteiger partial charge in [-0.05, 0) is 44.1 Å². The number of ether oxygens (including phenoxy) is 1. The minimum atomic E-state index is -0.358. The molecule has 1 heterocycles. The zero-order valence-electron chi connectivity index (χ0n) is 10.8. The molecule has 2 N–H and O–H groups in total.